The zero-order chi connectivity index (χ0) is 24.0. The molecule has 0 radical (unpaired) electrons. The molecule has 2 amide bonds. The van der Waals surface area contributed by atoms with Crippen LogP contribution in [0.3, 0.4) is 0 Å². The summed E-state index contributed by atoms with van der Waals surface area (Å²) in [6, 6.07) is 3.75. The molecular formula is C22H19N5O6S. The van der Waals surface area contributed by atoms with Gasteiger partial charge in [-0.15, -0.1) is 11.3 Å². The van der Waals surface area contributed by atoms with Crippen molar-refractivity contribution in [3.05, 3.63) is 55.7 Å². The monoisotopic (exact) mass is 481 g/mol. The molecule has 11 nitrogen and oxygen atoms in total. The van der Waals surface area contributed by atoms with Crippen molar-refractivity contribution >= 4 is 50.8 Å². The van der Waals surface area contributed by atoms with Crippen LogP contribution in [0.5, 0.6) is 0 Å². The SMILES string of the molecule is Nc1nc(COC(=O)CN2C(=O)c3cccc([N+](=O)[O-])c3C2=O)nc2sc3c(c12)CCCCC3. The van der Waals surface area contributed by atoms with Crippen LogP contribution in [-0.2, 0) is 29.0 Å². The molecule has 0 bridgehead atoms. The van der Waals surface area contributed by atoms with Gasteiger partial charge in [0.05, 0.1) is 15.9 Å². The molecule has 2 N–H and O–H groups in total. The lowest BCUT2D eigenvalue weighted by Gasteiger charge is -2.12. The lowest BCUT2D eigenvalue weighted by molar-refractivity contribution is -0.385. The Morgan fingerprint density at radius 1 is 1.18 bits per heavy atom. The summed E-state index contributed by atoms with van der Waals surface area (Å²) >= 11 is 1.57. The normalized spacial score (nSPS) is 15.2. The maximum absolute atomic E-state index is 12.6. The maximum Gasteiger partial charge on any atom is 0.326 e. The molecule has 0 unspecified atom stereocenters. The number of ether oxygens (including phenoxy) is 1. The number of aryl methyl sites for hydroxylation is 2. The smallest absolute Gasteiger partial charge is 0.326 e. The van der Waals surface area contributed by atoms with Crippen LogP contribution in [0.2, 0.25) is 0 Å². The molecule has 0 saturated carbocycles. The second-order valence-electron chi connectivity index (χ2n) is 8.08. The molecule has 2 aliphatic rings. The molecule has 0 fully saturated rings. The number of benzene rings is 1. The number of nitro benzene ring substituents is 1. The minimum absolute atomic E-state index is 0.119. The molecule has 3 aromatic rings. The molecule has 0 spiro atoms. The van der Waals surface area contributed by atoms with E-state index in [9.17, 15) is 24.5 Å². The van der Waals surface area contributed by atoms with Crippen molar-refractivity contribution in [1.29, 1.82) is 0 Å². The first kappa shape index (κ1) is 21.9. The van der Waals surface area contributed by atoms with Crippen LogP contribution in [-0.4, -0.2) is 44.1 Å². The third-order valence-electron chi connectivity index (χ3n) is 5.96. The van der Waals surface area contributed by atoms with Gasteiger partial charge in [-0.05, 0) is 37.3 Å². The van der Waals surface area contributed by atoms with Gasteiger partial charge in [0.25, 0.3) is 17.5 Å². The van der Waals surface area contributed by atoms with Crippen molar-refractivity contribution < 1.29 is 24.0 Å². The van der Waals surface area contributed by atoms with E-state index in [1.165, 1.54) is 29.0 Å². The first-order valence-electron chi connectivity index (χ1n) is 10.7. The fraction of sp³-hybridized carbons (Fsp3) is 0.318. The Kier molecular flexibility index (Phi) is 5.44. The Balaban J connectivity index is 1.30. The summed E-state index contributed by atoms with van der Waals surface area (Å²) in [5, 5.41) is 12.1. The van der Waals surface area contributed by atoms with Crippen LogP contribution in [0.15, 0.2) is 18.2 Å². The fourth-order valence-electron chi connectivity index (χ4n) is 4.40. The number of esters is 1. The molecule has 5 rings (SSSR count). The van der Waals surface area contributed by atoms with Crippen molar-refractivity contribution in [1.82, 2.24) is 14.9 Å². The number of thiophene rings is 1. The molecule has 3 heterocycles. The van der Waals surface area contributed by atoms with Gasteiger partial charge in [-0.1, -0.05) is 12.5 Å². The molecule has 2 aromatic heterocycles. The lowest BCUT2D eigenvalue weighted by atomic mass is 10.1. The average molecular weight is 481 g/mol. The zero-order valence-corrected chi connectivity index (χ0v) is 18.7. The highest BCUT2D eigenvalue weighted by Gasteiger charge is 2.42. The number of carbonyl (C=O) groups excluding carboxylic acids is 3. The molecule has 34 heavy (non-hydrogen) atoms. The second kappa shape index (κ2) is 8.45. The number of hydrogen-bond donors (Lipinski definition) is 1. The number of nitrogen functional groups attached to an aromatic ring is 1. The topological polar surface area (TPSA) is 159 Å². The Morgan fingerprint density at radius 3 is 2.76 bits per heavy atom. The Labute approximate surface area is 196 Å². The summed E-state index contributed by atoms with van der Waals surface area (Å²) in [6.45, 7) is -0.973. The highest BCUT2D eigenvalue weighted by atomic mass is 32.1. The predicted molar refractivity (Wildman–Crippen MR) is 121 cm³/mol. The van der Waals surface area contributed by atoms with E-state index >= 15 is 0 Å². The molecule has 1 aliphatic carbocycles. The first-order valence-corrected chi connectivity index (χ1v) is 11.5. The summed E-state index contributed by atoms with van der Waals surface area (Å²) in [5.41, 5.74) is 6.47. The number of amides is 2. The van der Waals surface area contributed by atoms with Gasteiger partial charge in [-0.3, -0.25) is 29.4 Å². The van der Waals surface area contributed by atoms with Gasteiger partial charge in [0.2, 0.25) is 0 Å². The number of nitro groups is 1. The Bertz CT molecular complexity index is 1380. The number of nitrogens with zero attached hydrogens (tertiary/aromatic N) is 4. The number of hydrogen-bond acceptors (Lipinski definition) is 10. The largest absolute Gasteiger partial charge is 0.456 e. The van der Waals surface area contributed by atoms with E-state index in [0.29, 0.717) is 10.7 Å². The lowest BCUT2D eigenvalue weighted by Crippen LogP contribution is -2.35. The van der Waals surface area contributed by atoms with Gasteiger partial charge in [-0.2, -0.15) is 0 Å². The zero-order valence-electron chi connectivity index (χ0n) is 17.9. The third-order valence-corrected chi connectivity index (χ3v) is 7.15. The number of fused-ring (bicyclic) bond motifs is 4. The van der Waals surface area contributed by atoms with Crippen molar-refractivity contribution in [3.8, 4) is 0 Å². The molecule has 174 valence electrons. The fourth-order valence-corrected chi connectivity index (χ4v) is 5.69. The van der Waals surface area contributed by atoms with E-state index < -0.39 is 34.9 Å². The van der Waals surface area contributed by atoms with Crippen LogP contribution in [0, 0.1) is 10.1 Å². The molecule has 1 aliphatic heterocycles. The van der Waals surface area contributed by atoms with Gasteiger partial charge < -0.3 is 10.5 Å². The van der Waals surface area contributed by atoms with Gasteiger partial charge in [0.1, 0.15) is 22.8 Å². The van der Waals surface area contributed by atoms with Gasteiger partial charge in [0.15, 0.2) is 12.4 Å². The Morgan fingerprint density at radius 2 is 1.97 bits per heavy atom. The summed E-state index contributed by atoms with van der Waals surface area (Å²) in [7, 11) is 0. The molecular weight excluding hydrogens is 462 g/mol. The van der Waals surface area contributed by atoms with Crippen LogP contribution >= 0.6 is 11.3 Å². The van der Waals surface area contributed by atoms with Gasteiger partial charge >= 0.3 is 5.97 Å². The van der Waals surface area contributed by atoms with Crippen LogP contribution in [0.4, 0.5) is 11.5 Å². The average Bonchev–Trinajstić information content (AvgIpc) is 3.16. The predicted octanol–water partition coefficient (Wildman–Crippen LogP) is 2.79. The van der Waals surface area contributed by atoms with Crippen molar-refractivity contribution in [2.75, 3.05) is 12.3 Å². The summed E-state index contributed by atoms with van der Waals surface area (Å²) in [4.78, 5) is 59.4. The van der Waals surface area contributed by atoms with Crippen molar-refractivity contribution in [2.45, 2.75) is 38.7 Å². The molecule has 12 heteroatoms. The van der Waals surface area contributed by atoms with E-state index in [1.807, 2.05) is 0 Å². The highest BCUT2D eigenvalue weighted by Crippen LogP contribution is 2.37. The first-order chi connectivity index (χ1) is 16.3. The van der Waals surface area contributed by atoms with E-state index in [-0.39, 0.29) is 23.6 Å². The number of carbonyl (C=O) groups is 3. The van der Waals surface area contributed by atoms with E-state index in [1.54, 1.807) is 11.3 Å². The number of nitrogens with two attached hydrogens (primary N) is 1. The summed E-state index contributed by atoms with van der Waals surface area (Å²) in [6.07, 6.45) is 5.32. The van der Waals surface area contributed by atoms with Gasteiger partial charge in [-0.25, -0.2) is 9.97 Å². The minimum atomic E-state index is -0.911. The van der Waals surface area contributed by atoms with Crippen molar-refractivity contribution in [3.63, 3.8) is 0 Å². The third kappa shape index (κ3) is 3.65. The van der Waals surface area contributed by atoms with Crippen LogP contribution in [0.25, 0.3) is 10.2 Å². The van der Waals surface area contributed by atoms with E-state index in [4.69, 9.17) is 10.5 Å². The standard InChI is InChI=1S/C22H19N5O6S/c23-19-18-11-5-2-1-3-8-14(11)34-20(18)25-15(24-19)10-33-16(28)9-26-21(29)12-6-4-7-13(27(31)32)17(12)22(26)30/h4,6-7H,1-3,5,8-10H2,(H2,23,24,25). The quantitative estimate of drug-likeness (QED) is 0.190. The highest BCUT2D eigenvalue weighted by molar-refractivity contribution is 7.19. The molecule has 0 atom stereocenters. The van der Waals surface area contributed by atoms with E-state index in [0.717, 1.165) is 42.0 Å². The van der Waals surface area contributed by atoms with Crippen LogP contribution in [0.1, 0.15) is 56.2 Å². The summed E-state index contributed by atoms with van der Waals surface area (Å²) in [5.74, 6) is -2.02. The second-order valence-corrected chi connectivity index (χ2v) is 9.17. The van der Waals surface area contributed by atoms with Crippen LogP contribution < -0.4 is 5.73 Å². The van der Waals surface area contributed by atoms with Crippen molar-refractivity contribution in [2.24, 2.45) is 0 Å². The molecule has 0 saturated heterocycles. The maximum atomic E-state index is 12.6. The van der Waals surface area contributed by atoms with Gasteiger partial charge in [0, 0.05) is 10.9 Å². The Hall–Kier alpha value is -3.93. The minimum Gasteiger partial charge on any atom is -0.456 e. The van der Waals surface area contributed by atoms with E-state index in [2.05, 4.69) is 9.97 Å². The molecule has 1 aromatic carbocycles. The summed E-state index contributed by atoms with van der Waals surface area (Å²) < 4.78 is 5.19. The number of anilines is 1. The number of rotatable bonds is 5. The number of aromatic nitrogens is 2. The number of imide groups is 1.